The number of sulfonamides is 1. The Kier molecular flexibility index (Phi) is 5.78. The fourth-order valence-corrected chi connectivity index (χ4v) is 5.17. The molecule has 2 aromatic rings. The zero-order valence-electron chi connectivity index (χ0n) is 16.7. The summed E-state index contributed by atoms with van der Waals surface area (Å²) >= 11 is 0. The van der Waals surface area contributed by atoms with E-state index in [0.717, 1.165) is 5.56 Å². The molecule has 0 bridgehead atoms. The molecular formula is C21H23NO8S. The normalized spacial score (nSPS) is 24.6. The van der Waals surface area contributed by atoms with Crippen LogP contribution in [0, 0.1) is 0 Å². The van der Waals surface area contributed by atoms with Crippen LogP contribution < -0.4 is 14.2 Å². The molecule has 0 amide bonds. The number of aliphatic hydroxyl groups is 1. The van der Waals surface area contributed by atoms with E-state index in [1.165, 1.54) is 19.2 Å². The number of nitrogens with one attached hydrogen (secondary N) is 1. The fraction of sp³-hybridized carbons (Fsp3) is 0.381. The van der Waals surface area contributed by atoms with Crippen molar-refractivity contribution in [3.63, 3.8) is 0 Å². The second-order valence-electron chi connectivity index (χ2n) is 7.54. The number of hydrogen-bond acceptors (Lipinski definition) is 7. The van der Waals surface area contributed by atoms with Crippen molar-refractivity contribution in [1.29, 1.82) is 0 Å². The zero-order chi connectivity index (χ0) is 22.2. The molecule has 2 aliphatic heterocycles. The maximum Gasteiger partial charge on any atom is 0.305 e. The van der Waals surface area contributed by atoms with Crippen molar-refractivity contribution < 1.29 is 37.6 Å². The molecule has 2 aromatic carbocycles. The molecule has 1 saturated heterocycles. The summed E-state index contributed by atoms with van der Waals surface area (Å²) in [6.07, 6.45) is -1.47. The molecule has 10 heteroatoms. The van der Waals surface area contributed by atoms with E-state index in [9.17, 15) is 18.3 Å². The number of rotatable bonds is 7. The summed E-state index contributed by atoms with van der Waals surface area (Å²) in [5.74, 6) is -0.0788. The molecule has 166 valence electrons. The number of carboxylic acid groups (broad SMARTS) is 1. The van der Waals surface area contributed by atoms with E-state index >= 15 is 0 Å². The number of fused-ring (bicyclic) bond motifs is 3. The fourth-order valence-electron chi connectivity index (χ4n) is 4.12. The third-order valence-electron chi connectivity index (χ3n) is 5.52. The lowest BCUT2D eigenvalue weighted by molar-refractivity contribution is -0.153. The van der Waals surface area contributed by atoms with Crippen LogP contribution in [0.25, 0.3) is 0 Å². The summed E-state index contributed by atoms with van der Waals surface area (Å²) < 4.78 is 44.8. The lowest BCUT2D eigenvalue weighted by Crippen LogP contribution is -2.46. The van der Waals surface area contributed by atoms with Gasteiger partial charge in [-0.25, -0.2) is 8.42 Å². The van der Waals surface area contributed by atoms with Crippen LogP contribution >= 0.6 is 0 Å². The number of aliphatic hydroxyl groups excluding tert-OH is 1. The highest BCUT2D eigenvalue weighted by Gasteiger charge is 2.46. The highest BCUT2D eigenvalue weighted by Crippen LogP contribution is 2.47. The smallest absolute Gasteiger partial charge is 0.305 e. The molecule has 4 atom stereocenters. The van der Waals surface area contributed by atoms with Gasteiger partial charge in [-0.1, -0.05) is 0 Å². The summed E-state index contributed by atoms with van der Waals surface area (Å²) in [5, 5.41) is 18.8. The average Bonchev–Trinajstić information content (AvgIpc) is 3.10. The van der Waals surface area contributed by atoms with Gasteiger partial charge in [0.2, 0.25) is 0 Å². The monoisotopic (exact) mass is 449 g/mol. The van der Waals surface area contributed by atoms with Gasteiger partial charge in [-0.3, -0.25) is 9.52 Å². The molecule has 1 fully saturated rings. The van der Waals surface area contributed by atoms with E-state index in [2.05, 4.69) is 4.72 Å². The van der Waals surface area contributed by atoms with Gasteiger partial charge >= 0.3 is 5.97 Å². The number of carboxylic acids is 1. The minimum atomic E-state index is -3.82. The standard InChI is InChI=1S/C21H23NO8S/c1-28-13-3-5-15(6-4-13)31(26,27)22-12-2-7-18-16(8-12)17-9-14(10-20(24)25)29-19(11-23)21(17)30-18/h2-8,14,17,19,21-23H,9-11H2,1H3,(H,24,25)/t14-,17-,19-,21+/m1/s1. The third-order valence-corrected chi connectivity index (χ3v) is 6.92. The Morgan fingerprint density at radius 1 is 1.23 bits per heavy atom. The lowest BCUT2D eigenvalue weighted by Gasteiger charge is -2.36. The molecule has 0 spiro atoms. The second-order valence-corrected chi connectivity index (χ2v) is 9.22. The van der Waals surface area contributed by atoms with Crippen molar-refractivity contribution >= 4 is 21.7 Å². The second kappa shape index (κ2) is 8.37. The number of carbonyl (C=O) groups is 1. The first kappa shape index (κ1) is 21.4. The minimum Gasteiger partial charge on any atom is -0.497 e. The van der Waals surface area contributed by atoms with Crippen LogP contribution in [0.1, 0.15) is 24.3 Å². The summed E-state index contributed by atoms with van der Waals surface area (Å²) in [5.41, 5.74) is 1.12. The Morgan fingerprint density at radius 3 is 2.61 bits per heavy atom. The maximum atomic E-state index is 12.8. The van der Waals surface area contributed by atoms with Crippen LogP contribution in [0.4, 0.5) is 5.69 Å². The summed E-state index contributed by atoms with van der Waals surface area (Å²) in [7, 11) is -2.32. The van der Waals surface area contributed by atoms with Crippen molar-refractivity contribution in [2.75, 3.05) is 18.4 Å². The molecule has 31 heavy (non-hydrogen) atoms. The molecule has 3 N–H and O–H groups in total. The van der Waals surface area contributed by atoms with Crippen LogP contribution in [0.3, 0.4) is 0 Å². The first-order valence-electron chi connectivity index (χ1n) is 9.76. The van der Waals surface area contributed by atoms with Gasteiger partial charge in [-0.2, -0.15) is 0 Å². The van der Waals surface area contributed by atoms with Gasteiger partial charge in [0.1, 0.15) is 23.7 Å². The summed E-state index contributed by atoms with van der Waals surface area (Å²) in [6, 6.07) is 11.0. The molecular weight excluding hydrogens is 426 g/mol. The van der Waals surface area contributed by atoms with E-state index < -0.39 is 34.3 Å². The van der Waals surface area contributed by atoms with E-state index in [0.29, 0.717) is 23.6 Å². The van der Waals surface area contributed by atoms with Gasteiger partial charge in [0.25, 0.3) is 10.0 Å². The summed E-state index contributed by atoms with van der Waals surface area (Å²) in [4.78, 5) is 11.2. The van der Waals surface area contributed by atoms with Crippen LogP contribution in [0.2, 0.25) is 0 Å². The molecule has 2 aliphatic rings. The van der Waals surface area contributed by atoms with Crippen LogP contribution in [0.15, 0.2) is 47.4 Å². The van der Waals surface area contributed by atoms with Gasteiger partial charge in [-0.05, 0) is 48.9 Å². The number of hydrogen-bond donors (Lipinski definition) is 3. The van der Waals surface area contributed by atoms with E-state index in [1.54, 1.807) is 30.3 Å². The number of benzene rings is 2. The molecule has 9 nitrogen and oxygen atoms in total. The molecule has 0 unspecified atom stereocenters. The van der Waals surface area contributed by atoms with Gasteiger partial charge in [0.15, 0.2) is 0 Å². The average molecular weight is 449 g/mol. The van der Waals surface area contributed by atoms with Crippen LogP contribution in [-0.4, -0.2) is 56.6 Å². The van der Waals surface area contributed by atoms with Crippen LogP contribution in [0.5, 0.6) is 11.5 Å². The zero-order valence-corrected chi connectivity index (χ0v) is 17.5. The van der Waals surface area contributed by atoms with Crippen molar-refractivity contribution in [1.82, 2.24) is 0 Å². The van der Waals surface area contributed by atoms with Crippen molar-refractivity contribution in [3.05, 3.63) is 48.0 Å². The van der Waals surface area contributed by atoms with E-state index in [1.807, 2.05) is 0 Å². The third kappa shape index (κ3) is 4.32. The Bertz CT molecular complexity index is 1070. The van der Waals surface area contributed by atoms with Gasteiger partial charge in [0, 0.05) is 17.2 Å². The van der Waals surface area contributed by atoms with Gasteiger partial charge < -0.3 is 24.4 Å². The van der Waals surface area contributed by atoms with Gasteiger partial charge in [-0.15, -0.1) is 0 Å². The SMILES string of the molecule is COc1ccc(S(=O)(=O)Nc2ccc3c(c2)[C@H]2C[C@H](CC(=O)O)O[C@H](CO)[C@H]2O3)cc1. The molecule has 0 aromatic heterocycles. The minimum absolute atomic E-state index is 0.0934. The number of ether oxygens (including phenoxy) is 3. The Balaban J connectivity index is 1.58. The first-order chi connectivity index (χ1) is 14.8. The predicted molar refractivity (Wildman–Crippen MR) is 110 cm³/mol. The van der Waals surface area contributed by atoms with Crippen molar-refractivity contribution in [3.8, 4) is 11.5 Å². The van der Waals surface area contributed by atoms with Crippen molar-refractivity contribution in [2.24, 2.45) is 0 Å². The molecule has 0 radical (unpaired) electrons. The molecule has 4 rings (SSSR count). The van der Waals surface area contributed by atoms with Crippen LogP contribution in [-0.2, 0) is 19.6 Å². The Morgan fingerprint density at radius 2 is 1.97 bits per heavy atom. The van der Waals surface area contributed by atoms with E-state index in [4.69, 9.17) is 19.3 Å². The highest BCUT2D eigenvalue weighted by atomic mass is 32.2. The topological polar surface area (TPSA) is 131 Å². The number of anilines is 1. The predicted octanol–water partition coefficient (Wildman–Crippen LogP) is 1.97. The Hall–Kier alpha value is -2.82. The lowest BCUT2D eigenvalue weighted by atomic mass is 9.84. The maximum absolute atomic E-state index is 12.8. The first-order valence-corrected chi connectivity index (χ1v) is 11.2. The van der Waals surface area contributed by atoms with Gasteiger partial charge in [0.05, 0.1) is 31.1 Å². The highest BCUT2D eigenvalue weighted by molar-refractivity contribution is 7.92. The summed E-state index contributed by atoms with van der Waals surface area (Å²) in [6.45, 7) is -0.303. The number of methoxy groups -OCH3 is 1. The number of aliphatic carboxylic acids is 1. The largest absolute Gasteiger partial charge is 0.497 e. The molecule has 2 heterocycles. The van der Waals surface area contributed by atoms with Crippen molar-refractivity contribution in [2.45, 2.75) is 42.0 Å². The molecule has 0 aliphatic carbocycles. The molecule has 0 saturated carbocycles. The Labute approximate surface area is 179 Å². The van der Waals surface area contributed by atoms with E-state index in [-0.39, 0.29) is 23.8 Å². The quantitative estimate of drug-likeness (QED) is 0.585.